The summed E-state index contributed by atoms with van der Waals surface area (Å²) in [5.74, 6) is 0.697. The fourth-order valence-electron chi connectivity index (χ4n) is 2.00. The van der Waals surface area contributed by atoms with E-state index in [0.717, 1.165) is 16.9 Å². The molecule has 0 saturated carbocycles. The summed E-state index contributed by atoms with van der Waals surface area (Å²) in [6.45, 7) is 3.98. The number of aryl methyl sites for hydroxylation is 1. The molecule has 0 aromatic heterocycles. The van der Waals surface area contributed by atoms with Gasteiger partial charge in [-0.25, -0.2) is 4.39 Å². The Labute approximate surface area is 117 Å². The van der Waals surface area contributed by atoms with Gasteiger partial charge in [0.05, 0.1) is 0 Å². The maximum Gasteiger partial charge on any atom is 0.123 e. The minimum Gasteiger partial charge on any atom is -0.384 e. The standard InChI is InChI=1S/C16H17FOS/c1-3-19-14-8-5-12(6-9-14)16(18)15-10-13(17)7-4-11(15)2/h4-10,16,18H,3H2,1-2H3. The third kappa shape index (κ3) is 3.37. The monoisotopic (exact) mass is 276 g/mol. The van der Waals surface area contributed by atoms with Crippen molar-refractivity contribution in [1.82, 2.24) is 0 Å². The molecular formula is C16H17FOS. The lowest BCUT2D eigenvalue weighted by Crippen LogP contribution is -2.02. The van der Waals surface area contributed by atoms with Crippen molar-refractivity contribution in [1.29, 1.82) is 0 Å². The Morgan fingerprint density at radius 2 is 1.84 bits per heavy atom. The van der Waals surface area contributed by atoms with Crippen LogP contribution < -0.4 is 0 Å². The SMILES string of the molecule is CCSc1ccc(C(O)c2cc(F)ccc2C)cc1. The molecular weight excluding hydrogens is 259 g/mol. The Morgan fingerprint density at radius 1 is 1.16 bits per heavy atom. The van der Waals surface area contributed by atoms with Gasteiger partial charge in [0.25, 0.3) is 0 Å². The molecule has 0 spiro atoms. The maximum absolute atomic E-state index is 13.3. The third-order valence-electron chi connectivity index (χ3n) is 3.04. The van der Waals surface area contributed by atoms with Crippen LogP contribution >= 0.6 is 11.8 Å². The van der Waals surface area contributed by atoms with E-state index in [1.165, 1.54) is 17.0 Å². The van der Waals surface area contributed by atoms with Crippen LogP contribution in [0.2, 0.25) is 0 Å². The van der Waals surface area contributed by atoms with Crippen molar-refractivity contribution in [2.75, 3.05) is 5.75 Å². The second-order valence-electron chi connectivity index (χ2n) is 4.41. The van der Waals surface area contributed by atoms with Gasteiger partial charge in [-0.05, 0) is 53.6 Å². The summed E-state index contributed by atoms with van der Waals surface area (Å²) in [6, 6.07) is 12.3. The zero-order valence-corrected chi connectivity index (χ0v) is 11.9. The second-order valence-corrected chi connectivity index (χ2v) is 5.74. The van der Waals surface area contributed by atoms with E-state index < -0.39 is 6.10 Å². The van der Waals surface area contributed by atoms with Crippen LogP contribution in [0.25, 0.3) is 0 Å². The topological polar surface area (TPSA) is 20.2 Å². The third-order valence-corrected chi connectivity index (χ3v) is 3.94. The number of aliphatic hydroxyl groups is 1. The molecule has 1 N–H and O–H groups in total. The summed E-state index contributed by atoms with van der Waals surface area (Å²) in [5, 5.41) is 10.3. The highest BCUT2D eigenvalue weighted by Crippen LogP contribution is 2.27. The van der Waals surface area contributed by atoms with E-state index >= 15 is 0 Å². The van der Waals surface area contributed by atoms with Gasteiger partial charge in [0.15, 0.2) is 0 Å². The Bertz CT molecular complexity index is 551. The first-order valence-electron chi connectivity index (χ1n) is 6.28. The van der Waals surface area contributed by atoms with Crippen molar-refractivity contribution in [2.24, 2.45) is 0 Å². The highest BCUT2D eigenvalue weighted by molar-refractivity contribution is 7.99. The predicted octanol–water partition coefficient (Wildman–Crippen LogP) is 4.33. The molecule has 0 saturated heterocycles. The second kappa shape index (κ2) is 6.22. The van der Waals surface area contributed by atoms with Crippen LogP contribution in [0.1, 0.15) is 29.7 Å². The van der Waals surface area contributed by atoms with Crippen molar-refractivity contribution >= 4 is 11.8 Å². The van der Waals surface area contributed by atoms with Crippen LogP contribution in [-0.4, -0.2) is 10.9 Å². The summed E-state index contributed by atoms with van der Waals surface area (Å²) in [6.07, 6.45) is -0.781. The lowest BCUT2D eigenvalue weighted by atomic mass is 9.97. The molecule has 0 bridgehead atoms. The quantitative estimate of drug-likeness (QED) is 0.839. The first-order chi connectivity index (χ1) is 9.11. The zero-order valence-electron chi connectivity index (χ0n) is 11.1. The average molecular weight is 276 g/mol. The van der Waals surface area contributed by atoms with Gasteiger partial charge in [-0.1, -0.05) is 25.1 Å². The van der Waals surface area contributed by atoms with Crippen LogP contribution in [0.5, 0.6) is 0 Å². The molecule has 1 unspecified atom stereocenters. The average Bonchev–Trinajstić information content (AvgIpc) is 2.42. The molecule has 0 aliphatic heterocycles. The molecule has 19 heavy (non-hydrogen) atoms. The van der Waals surface area contributed by atoms with Gasteiger partial charge in [-0.15, -0.1) is 11.8 Å². The summed E-state index contributed by atoms with van der Waals surface area (Å²) >= 11 is 1.76. The number of hydrogen-bond acceptors (Lipinski definition) is 2. The first-order valence-corrected chi connectivity index (χ1v) is 7.27. The lowest BCUT2D eigenvalue weighted by Gasteiger charge is -2.14. The molecule has 0 aliphatic rings. The van der Waals surface area contributed by atoms with Gasteiger partial charge < -0.3 is 5.11 Å². The summed E-state index contributed by atoms with van der Waals surface area (Å²) in [5.41, 5.74) is 2.30. The van der Waals surface area contributed by atoms with Gasteiger partial charge in [0.2, 0.25) is 0 Å². The van der Waals surface area contributed by atoms with Gasteiger partial charge in [0.1, 0.15) is 11.9 Å². The number of benzene rings is 2. The first kappa shape index (κ1) is 14.1. The molecule has 1 nitrogen and oxygen atoms in total. The Hall–Kier alpha value is -1.32. The smallest absolute Gasteiger partial charge is 0.123 e. The van der Waals surface area contributed by atoms with Crippen molar-refractivity contribution in [3.05, 3.63) is 65.0 Å². The summed E-state index contributed by atoms with van der Waals surface area (Å²) in [4.78, 5) is 1.18. The van der Waals surface area contributed by atoms with Crippen molar-refractivity contribution < 1.29 is 9.50 Å². The van der Waals surface area contributed by atoms with Crippen molar-refractivity contribution in [3.63, 3.8) is 0 Å². The fourth-order valence-corrected chi connectivity index (χ4v) is 2.66. The van der Waals surface area contributed by atoms with E-state index in [4.69, 9.17) is 0 Å². The highest BCUT2D eigenvalue weighted by Gasteiger charge is 2.13. The maximum atomic E-state index is 13.3. The molecule has 3 heteroatoms. The van der Waals surface area contributed by atoms with Crippen LogP contribution in [0.4, 0.5) is 4.39 Å². The van der Waals surface area contributed by atoms with Crippen molar-refractivity contribution in [2.45, 2.75) is 24.8 Å². The molecule has 100 valence electrons. The molecule has 0 fully saturated rings. The normalized spacial score (nSPS) is 12.4. The van der Waals surface area contributed by atoms with E-state index in [1.807, 2.05) is 31.2 Å². The van der Waals surface area contributed by atoms with Crippen LogP contribution in [0, 0.1) is 12.7 Å². The van der Waals surface area contributed by atoms with Crippen LogP contribution in [0.3, 0.4) is 0 Å². The molecule has 0 heterocycles. The summed E-state index contributed by atoms with van der Waals surface area (Å²) in [7, 11) is 0. The van der Waals surface area contributed by atoms with E-state index in [9.17, 15) is 9.50 Å². The van der Waals surface area contributed by atoms with Gasteiger partial charge >= 0.3 is 0 Å². The number of rotatable bonds is 4. The lowest BCUT2D eigenvalue weighted by molar-refractivity contribution is 0.219. The molecule has 0 aliphatic carbocycles. The van der Waals surface area contributed by atoms with Gasteiger partial charge in [0, 0.05) is 4.90 Å². The Kier molecular flexibility index (Phi) is 4.61. The Morgan fingerprint density at radius 3 is 2.47 bits per heavy atom. The molecule has 1 atom stereocenters. The highest BCUT2D eigenvalue weighted by atomic mass is 32.2. The predicted molar refractivity (Wildman–Crippen MR) is 78.0 cm³/mol. The van der Waals surface area contributed by atoms with Gasteiger partial charge in [-0.2, -0.15) is 0 Å². The van der Waals surface area contributed by atoms with E-state index in [-0.39, 0.29) is 5.82 Å². The van der Waals surface area contributed by atoms with Crippen LogP contribution in [0.15, 0.2) is 47.4 Å². The van der Waals surface area contributed by atoms with E-state index in [0.29, 0.717) is 5.56 Å². The number of hydrogen-bond donors (Lipinski definition) is 1. The van der Waals surface area contributed by atoms with E-state index in [2.05, 4.69) is 6.92 Å². The molecule has 2 rings (SSSR count). The molecule has 0 radical (unpaired) electrons. The van der Waals surface area contributed by atoms with Crippen molar-refractivity contribution in [3.8, 4) is 0 Å². The Balaban J connectivity index is 2.27. The molecule has 2 aromatic carbocycles. The number of thioether (sulfide) groups is 1. The minimum atomic E-state index is -0.781. The zero-order chi connectivity index (χ0) is 13.8. The fraction of sp³-hybridized carbons (Fsp3) is 0.250. The number of halogens is 1. The largest absolute Gasteiger partial charge is 0.384 e. The summed E-state index contributed by atoms with van der Waals surface area (Å²) < 4.78 is 13.3. The minimum absolute atomic E-state index is 0.321. The van der Waals surface area contributed by atoms with Crippen LogP contribution in [-0.2, 0) is 0 Å². The number of aliphatic hydroxyl groups excluding tert-OH is 1. The van der Waals surface area contributed by atoms with Gasteiger partial charge in [-0.3, -0.25) is 0 Å². The molecule has 0 amide bonds. The molecule has 2 aromatic rings. The van der Waals surface area contributed by atoms with E-state index in [1.54, 1.807) is 17.8 Å².